The summed E-state index contributed by atoms with van der Waals surface area (Å²) in [7, 11) is 0. The Bertz CT molecular complexity index is 877. The van der Waals surface area contributed by atoms with Crippen molar-refractivity contribution in [3.05, 3.63) is 47.1 Å². The van der Waals surface area contributed by atoms with Crippen LogP contribution in [0.4, 0.5) is 13.2 Å². The van der Waals surface area contributed by atoms with Crippen LogP contribution in [0, 0.1) is 0 Å². The van der Waals surface area contributed by atoms with Crippen molar-refractivity contribution in [2.75, 3.05) is 11.9 Å². The van der Waals surface area contributed by atoms with Crippen LogP contribution in [0.1, 0.15) is 12.5 Å². The maximum atomic E-state index is 12.6. The highest BCUT2D eigenvalue weighted by Crippen LogP contribution is 2.34. The lowest BCUT2D eigenvalue weighted by Crippen LogP contribution is -2.28. The number of rotatable bonds is 8. The zero-order chi connectivity index (χ0) is 21.6. The number of pyridine rings is 1. The van der Waals surface area contributed by atoms with Crippen molar-refractivity contribution >= 4 is 39.3 Å². The minimum absolute atomic E-state index is 0.0782. The number of halogens is 5. The topological polar surface area (TPSA) is 74.7 Å². The third-order valence-corrected chi connectivity index (χ3v) is 4.24. The Labute approximate surface area is 177 Å². The Kier molecular flexibility index (Phi) is 7.86. The third-order valence-electron chi connectivity index (χ3n) is 3.34. The van der Waals surface area contributed by atoms with Gasteiger partial charge >= 0.3 is 12.1 Å². The van der Waals surface area contributed by atoms with Gasteiger partial charge in [-0.25, -0.2) is 9.78 Å². The number of benzene rings is 1. The molecule has 1 aromatic heterocycles. The van der Waals surface area contributed by atoms with Crippen LogP contribution in [0.15, 0.2) is 36.5 Å². The number of hydrogen-bond donors (Lipinski definition) is 0. The van der Waals surface area contributed by atoms with Crippen molar-refractivity contribution in [2.24, 2.45) is 0 Å². The smallest absolute Gasteiger partial charge is 0.417 e. The van der Waals surface area contributed by atoms with Crippen LogP contribution < -0.4 is 9.47 Å². The summed E-state index contributed by atoms with van der Waals surface area (Å²) in [6, 6.07) is 6.57. The van der Waals surface area contributed by atoms with Gasteiger partial charge < -0.3 is 14.2 Å². The van der Waals surface area contributed by atoms with Crippen LogP contribution in [0.2, 0.25) is 5.02 Å². The molecule has 29 heavy (non-hydrogen) atoms. The van der Waals surface area contributed by atoms with Gasteiger partial charge in [-0.05, 0) is 37.3 Å². The molecule has 0 N–H and O–H groups in total. The molecule has 1 aromatic carbocycles. The molecular formula is C18H14BrClF3NO5. The predicted octanol–water partition coefficient (Wildman–Crippen LogP) is 4.82. The van der Waals surface area contributed by atoms with E-state index in [0.29, 0.717) is 11.9 Å². The van der Waals surface area contributed by atoms with Gasteiger partial charge in [0.25, 0.3) is 0 Å². The molecule has 0 aliphatic carbocycles. The summed E-state index contributed by atoms with van der Waals surface area (Å²) in [6.07, 6.45) is -4.91. The summed E-state index contributed by atoms with van der Waals surface area (Å²) in [4.78, 5) is 26.5. The van der Waals surface area contributed by atoms with Crippen molar-refractivity contribution < 1.29 is 37.0 Å². The van der Waals surface area contributed by atoms with Crippen molar-refractivity contribution in [1.29, 1.82) is 0 Å². The van der Waals surface area contributed by atoms with E-state index in [1.165, 1.54) is 31.2 Å². The molecule has 0 radical (unpaired) electrons. The molecule has 2 aromatic rings. The molecule has 156 valence electrons. The summed E-state index contributed by atoms with van der Waals surface area (Å²) in [6.45, 7) is 1.10. The van der Waals surface area contributed by atoms with E-state index in [-0.39, 0.29) is 34.4 Å². The minimum atomic E-state index is -4.56. The van der Waals surface area contributed by atoms with Crippen LogP contribution in [0.25, 0.3) is 0 Å². The largest absolute Gasteiger partial charge is 0.479 e. The molecule has 0 bridgehead atoms. The predicted molar refractivity (Wildman–Crippen MR) is 101 cm³/mol. The lowest BCUT2D eigenvalue weighted by Gasteiger charge is -2.14. The Morgan fingerprint density at radius 1 is 1.21 bits per heavy atom. The Hall–Kier alpha value is -2.33. The molecule has 0 aliphatic rings. The summed E-state index contributed by atoms with van der Waals surface area (Å²) in [5.74, 6) is -0.644. The quantitative estimate of drug-likeness (QED) is 0.385. The first-order valence-corrected chi connectivity index (χ1v) is 9.51. The van der Waals surface area contributed by atoms with Crippen LogP contribution in [-0.2, 0) is 20.5 Å². The monoisotopic (exact) mass is 495 g/mol. The Balaban J connectivity index is 1.96. The van der Waals surface area contributed by atoms with E-state index >= 15 is 0 Å². The van der Waals surface area contributed by atoms with Gasteiger partial charge in [-0.15, -0.1) is 0 Å². The van der Waals surface area contributed by atoms with Gasteiger partial charge in [0.1, 0.15) is 16.5 Å². The summed E-state index contributed by atoms with van der Waals surface area (Å²) < 4.78 is 53.5. The number of carbonyl (C=O) groups excluding carboxylic acids is 2. The average Bonchev–Trinajstić information content (AvgIpc) is 2.67. The first-order chi connectivity index (χ1) is 13.6. The summed E-state index contributed by atoms with van der Waals surface area (Å²) >= 11 is 8.75. The highest BCUT2D eigenvalue weighted by Gasteiger charge is 2.31. The molecule has 0 saturated heterocycles. The van der Waals surface area contributed by atoms with Crippen LogP contribution in [0.5, 0.6) is 17.4 Å². The Morgan fingerprint density at radius 3 is 2.38 bits per heavy atom. The first-order valence-electron chi connectivity index (χ1n) is 8.01. The van der Waals surface area contributed by atoms with Gasteiger partial charge in [0.2, 0.25) is 5.88 Å². The second kappa shape index (κ2) is 9.93. The maximum Gasteiger partial charge on any atom is 0.417 e. The first kappa shape index (κ1) is 23.0. The molecule has 0 fully saturated rings. The summed E-state index contributed by atoms with van der Waals surface area (Å²) in [5.41, 5.74) is -0.989. The van der Waals surface area contributed by atoms with Crippen LogP contribution >= 0.6 is 27.5 Å². The van der Waals surface area contributed by atoms with Crippen molar-refractivity contribution in [3.8, 4) is 17.4 Å². The molecule has 0 spiro atoms. The maximum absolute atomic E-state index is 12.6. The average molecular weight is 497 g/mol. The van der Waals surface area contributed by atoms with E-state index in [1.807, 2.05) is 0 Å². The van der Waals surface area contributed by atoms with Crippen LogP contribution in [-0.4, -0.2) is 34.8 Å². The van der Waals surface area contributed by atoms with Gasteiger partial charge in [0, 0.05) is 6.20 Å². The number of hydrogen-bond acceptors (Lipinski definition) is 6. The molecule has 11 heteroatoms. The van der Waals surface area contributed by atoms with Gasteiger partial charge in [-0.2, -0.15) is 13.2 Å². The lowest BCUT2D eigenvalue weighted by atomic mass is 10.3. The molecule has 0 aliphatic heterocycles. The second-order valence-electron chi connectivity index (χ2n) is 5.62. The fraction of sp³-hybridized carbons (Fsp3) is 0.278. The number of nitrogens with zero attached hydrogens (tertiary/aromatic N) is 1. The van der Waals surface area contributed by atoms with Gasteiger partial charge in [-0.3, -0.25) is 4.79 Å². The highest BCUT2D eigenvalue weighted by molar-refractivity contribution is 9.09. The molecule has 2 rings (SSSR count). The highest BCUT2D eigenvalue weighted by atomic mass is 79.9. The fourth-order valence-corrected chi connectivity index (χ4v) is 2.28. The normalized spacial score (nSPS) is 12.2. The molecule has 1 unspecified atom stereocenters. The number of ether oxygens (including phenoxy) is 3. The third kappa shape index (κ3) is 6.90. The number of esters is 1. The number of ketones is 1. The SMILES string of the molecule is CC(Oc1ccc(Oc2ncc(C(F)(F)F)cc2Cl)cc1)C(=O)OCC(=O)CBr. The van der Waals surface area contributed by atoms with E-state index in [1.54, 1.807) is 0 Å². The van der Waals surface area contributed by atoms with E-state index in [0.717, 1.165) is 6.07 Å². The second-order valence-corrected chi connectivity index (χ2v) is 6.59. The number of Topliss-reactive ketones (excluding diaryl/α,β-unsaturated/α-hetero) is 1. The fourth-order valence-electron chi connectivity index (χ4n) is 1.91. The Morgan fingerprint density at radius 2 is 1.83 bits per heavy atom. The minimum Gasteiger partial charge on any atom is -0.479 e. The molecular weight excluding hydrogens is 483 g/mol. The van der Waals surface area contributed by atoms with E-state index < -0.39 is 23.8 Å². The van der Waals surface area contributed by atoms with Crippen molar-refractivity contribution in [3.63, 3.8) is 0 Å². The molecule has 0 saturated carbocycles. The van der Waals surface area contributed by atoms with Gasteiger partial charge in [0.05, 0.1) is 10.9 Å². The number of aromatic nitrogens is 1. The zero-order valence-corrected chi connectivity index (χ0v) is 17.2. The molecule has 6 nitrogen and oxygen atoms in total. The van der Waals surface area contributed by atoms with E-state index in [2.05, 4.69) is 20.9 Å². The summed E-state index contributed by atoms with van der Waals surface area (Å²) in [5, 5.41) is -0.219. The zero-order valence-electron chi connectivity index (χ0n) is 14.8. The molecule has 0 amide bonds. The van der Waals surface area contributed by atoms with Crippen molar-refractivity contribution in [2.45, 2.75) is 19.2 Å². The van der Waals surface area contributed by atoms with E-state index in [4.69, 9.17) is 25.8 Å². The molecule has 1 heterocycles. The van der Waals surface area contributed by atoms with E-state index in [9.17, 15) is 22.8 Å². The van der Waals surface area contributed by atoms with Crippen LogP contribution in [0.3, 0.4) is 0 Å². The number of alkyl halides is 4. The van der Waals surface area contributed by atoms with Crippen molar-refractivity contribution in [1.82, 2.24) is 4.98 Å². The lowest BCUT2D eigenvalue weighted by molar-refractivity contribution is -0.153. The van der Waals surface area contributed by atoms with Gasteiger partial charge in [0.15, 0.2) is 18.5 Å². The number of carbonyl (C=O) groups is 2. The standard InChI is InChI=1S/C18H14BrClF3NO5/c1-10(17(26)27-9-12(25)7-19)28-13-2-4-14(5-3-13)29-16-15(20)6-11(8-24-16)18(21,22)23/h2-6,8,10H,7,9H2,1H3. The molecule has 1 atom stereocenters. The van der Waals surface area contributed by atoms with Gasteiger partial charge in [-0.1, -0.05) is 27.5 Å².